The Morgan fingerprint density at radius 2 is 1.81 bits per heavy atom. The fourth-order valence-corrected chi connectivity index (χ4v) is 4.63. The third-order valence-electron chi connectivity index (χ3n) is 6.69. The number of benzene rings is 2. The number of hydrogen-bond acceptors (Lipinski definition) is 9. The largest absolute Gasteiger partial charge is 0.460 e. The van der Waals surface area contributed by atoms with E-state index in [9.17, 15) is 15.1 Å². The van der Waals surface area contributed by atoms with Gasteiger partial charge in [0.1, 0.15) is 24.8 Å². The van der Waals surface area contributed by atoms with Crippen molar-refractivity contribution in [1.82, 2.24) is 5.32 Å². The van der Waals surface area contributed by atoms with Crippen LogP contribution in [0.4, 0.5) is 0 Å². The molecule has 0 aliphatic carbocycles. The first kappa shape index (κ1) is 31.2. The lowest BCUT2D eigenvalue weighted by Crippen LogP contribution is -2.58. The molecule has 226 valence electrons. The number of azide groups is 1. The summed E-state index contributed by atoms with van der Waals surface area (Å²) in [5, 5.41) is 7.13. The highest BCUT2D eigenvalue weighted by Crippen LogP contribution is 2.29. The average molecular weight is 582 g/mol. The first-order valence-electron chi connectivity index (χ1n) is 14.5. The number of ether oxygens (including phenoxy) is 5. The minimum absolute atomic E-state index is 0.00981. The lowest BCUT2D eigenvalue weighted by atomic mass is 9.97. The molecule has 0 amide bonds. The van der Waals surface area contributed by atoms with Gasteiger partial charge in [0.2, 0.25) is 0 Å². The molecule has 2 aromatic rings. The summed E-state index contributed by atoms with van der Waals surface area (Å²) in [5.74, 6) is -0.878. The number of hydrogen-bond donors (Lipinski definition) is 1. The lowest BCUT2D eigenvalue weighted by molar-refractivity contribution is -0.265. The predicted octanol–water partition coefficient (Wildman–Crippen LogP) is 5.00. The molecule has 1 aliphatic heterocycles. The molecule has 0 aromatic heterocycles. The summed E-state index contributed by atoms with van der Waals surface area (Å²) in [7, 11) is 0. The van der Waals surface area contributed by atoms with Crippen LogP contribution in [0.3, 0.4) is 0 Å². The number of carbonyl (C=O) groups is 2. The average Bonchev–Trinajstić information content (AvgIpc) is 2.99. The first-order valence-corrected chi connectivity index (χ1v) is 14.0. The zero-order valence-corrected chi connectivity index (χ0v) is 24.1. The van der Waals surface area contributed by atoms with Crippen LogP contribution >= 0.6 is 0 Å². The topological polar surface area (TPSA) is 141 Å². The zero-order chi connectivity index (χ0) is 31.0. The van der Waals surface area contributed by atoms with Crippen LogP contribution in [0, 0.1) is 0 Å². The summed E-state index contributed by atoms with van der Waals surface area (Å²) in [6.07, 6.45) is -1.64. The van der Waals surface area contributed by atoms with Crippen molar-refractivity contribution in [2.75, 3.05) is 13.2 Å². The highest BCUT2D eigenvalue weighted by molar-refractivity contribution is 5.75. The minimum atomic E-state index is -0.974. The van der Waals surface area contributed by atoms with Gasteiger partial charge < -0.3 is 29.0 Å². The second kappa shape index (κ2) is 17.9. The summed E-state index contributed by atoms with van der Waals surface area (Å²) in [5.41, 5.74) is 11.2. The fraction of sp³-hybridized carbons (Fsp3) is 0.484. The monoisotopic (exact) mass is 581 g/mol. The number of nitrogens with one attached hydrogen (secondary N) is 1. The molecular formula is C31H40N4O7. The second-order valence-corrected chi connectivity index (χ2v) is 9.88. The van der Waals surface area contributed by atoms with Crippen LogP contribution in [0.1, 0.15) is 45.6 Å². The van der Waals surface area contributed by atoms with Crippen LogP contribution in [0.25, 0.3) is 10.4 Å². The standard InChI is InChI=1S/C31H40N4O7/c1-4-18-38-29-27(34-35-32)31(41-22(2)28(29)42-23(3)36)39-19-12-11-17-26(33-20-24-13-7-5-8-14-24)30(37)40-21-25-15-9-6-10-16-25/h4-10,13-16,22,26-29,31,33H,1,11-12,17-21H2,2-3H3/t22-,26?,27-,28-,29-,31?/m1/s1/i4D. The van der Waals surface area contributed by atoms with Gasteiger partial charge in [-0.05, 0) is 42.8 Å². The van der Waals surface area contributed by atoms with E-state index in [4.69, 9.17) is 25.1 Å². The van der Waals surface area contributed by atoms with Gasteiger partial charge in [-0.2, -0.15) is 0 Å². The van der Waals surface area contributed by atoms with Gasteiger partial charge in [-0.15, -0.1) is 6.58 Å². The maximum absolute atomic E-state index is 13.0. The predicted molar refractivity (Wildman–Crippen MR) is 156 cm³/mol. The van der Waals surface area contributed by atoms with E-state index >= 15 is 0 Å². The smallest absolute Gasteiger partial charge is 0.323 e. The Bertz CT molecular complexity index is 1210. The Hall–Kier alpha value is -3.73. The van der Waals surface area contributed by atoms with Gasteiger partial charge in [-0.25, -0.2) is 0 Å². The molecular weight excluding hydrogens is 540 g/mol. The Balaban J connectivity index is 1.57. The molecule has 11 nitrogen and oxygen atoms in total. The van der Waals surface area contributed by atoms with Crippen LogP contribution in [-0.2, 0) is 46.4 Å². The van der Waals surface area contributed by atoms with Gasteiger partial charge in [0.05, 0.1) is 14.1 Å². The Morgan fingerprint density at radius 1 is 1.12 bits per heavy atom. The Kier molecular flexibility index (Phi) is 13.3. The van der Waals surface area contributed by atoms with Crippen LogP contribution < -0.4 is 5.32 Å². The zero-order valence-electron chi connectivity index (χ0n) is 25.1. The van der Waals surface area contributed by atoms with E-state index in [-0.39, 0.29) is 31.8 Å². The molecule has 0 spiro atoms. The highest BCUT2D eigenvalue weighted by Gasteiger charge is 2.47. The number of esters is 2. The Morgan fingerprint density at radius 3 is 2.45 bits per heavy atom. The van der Waals surface area contributed by atoms with Crippen molar-refractivity contribution in [1.29, 1.82) is 0 Å². The van der Waals surface area contributed by atoms with Crippen molar-refractivity contribution in [3.05, 3.63) is 94.9 Å². The molecule has 0 saturated carbocycles. The lowest BCUT2D eigenvalue weighted by Gasteiger charge is -2.43. The molecule has 42 heavy (non-hydrogen) atoms. The molecule has 0 bridgehead atoms. The molecule has 3 rings (SSSR count). The van der Waals surface area contributed by atoms with E-state index in [0.717, 1.165) is 11.1 Å². The Labute approximate surface area is 248 Å². The maximum atomic E-state index is 13.0. The van der Waals surface area contributed by atoms with Gasteiger partial charge in [-0.3, -0.25) is 9.59 Å². The van der Waals surface area contributed by atoms with E-state index < -0.39 is 42.7 Å². The molecule has 0 radical (unpaired) electrons. The van der Waals surface area contributed by atoms with Crippen molar-refractivity contribution in [3.63, 3.8) is 0 Å². The third-order valence-corrected chi connectivity index (χ3v) is 6.69. The normalized spacial score (nSPS) is 22.7. The van der Waals surface area contributed by atoms with Crippen LogP contribution in [0.5, 0.6) is 0 Å². The fourth-order valence-electron chi connectivity index (χ4n) is 4.63. The summed E-state index contributed by atoms with van der Waals surface area (Å²) in [6.45, 7) is 7.29. The van der Waals surface area contributed by atoms with Gasteiger partial charge in [0.15, 0.2) is 12.4 Å². The molecule has 1 aliphatic rings. The van der Waals surface area contributed by atoms with Gasteiger partial charge in [-0.1, -0.05) is 71.8 Å². The van der Waals surface area contributed by atoms with Crippen molar-refractivity contribution in [2.45, 2.75) is 82.9 Å². The maximum Gasteiger partial charge on any atom is 0.323 e. The third kappa shape index (κ3) is 10.6. The number of unbranched alkanes of at least 4 members (excludes halogenated alkanes) is 1. The van der Waals surface area contributed by atoms with E-state index in [0.29, 0.717) is 25.8 Å². The number of rotatable bonds is 17. The molecule has 1 heterocycles. The van der Waals surface area contributed by atoms with Gasteiger partial charge in [0.25, 0.3) is 0 Å². The van der Waals surface area contributed by atoms with Crippen LogP contribution in [0.15, 0.2) is 78.4 Å². The highest BCUT2D eigenvalue weighted by atomic mass is 16.7. The number of carbonyl (C=O) groups excluding carboxylic acids is 2. The molecule has 11 heteroatoms. The summed E-state index contributed by atoms with van der Waals surface area (Å²) in [6, 6.07) is 17.8. The van der Waals surface area contributed by atoms with E-state index in [1.807, 2.05) is 60.7 Å². The van der Waals surface area contributed by atoms with E-state index in [1.54, 1.807) is 6.92 Å². The molecule has 1 saturated heterocycles. The quantitative estimate of drug-likeness (QED) is 0.0687. The van der Waals surface area contributed by atoms with Crippen LogP contribution in [-0.4, -0.2) is 61.8 Å². The molecule has 1 fully saturated rings. The SMILES string of the molecule is [2H]C(=C)CO[C@H]1[C@H](OC(C)=O)[C@@H](C)OC(OCCCCC(NCc2ccccc2)C(=O)OCc2ccccc2)[C@@H]1N=[N+]=[N-]. The van der Waals surface area contributed by atoms with E-state index in [2.05, 4.69) is 21.9 Å². The minimum Gasteiger partial charge on any atom is -0.460 e. The van der Waals surface area contributed by atoms with Crippen molar-refractivity contribution in [3.8, 4) is 0 Å². The van der Waals surface area contributed by atoms with Gasteiger partial charge in [0, 0.05) is 25.0 Å². The molecule has 1 N–H and O–H groups in total. The van der Waals surface area contributed by atoms with Crippen molar-refractivity contribution >= 4 is 11.9 Å². The van der Waals surface area contributed by atoms with Crippen LogP contribution in [0.2, 0.25) is 0 Å². The molecule has 2 unspecified atom stereocenters. The summed E-state index contributed by atoms with van der Waals surface area (Å²) < 4.78 is 36.3. The molecule has 2 aromatic carbocycles. The number of nitrogens with zero attached hydrogens (tertiary/aromatic N) is 3. The van der Waals surface area contributed by atoms with Crippen molar-refractivity contribution < 1.29 is 34.6 Å². The summed E-state index contributed by atoms with van der Waals surface area (Å²) >= 11 is 0. The second-order valence-electron chi connectivity index (χ2n) is 9.88. The molecule has 6 atom stereocenters. The first-order chi connectivity index (χ1) is 20.8. The summed E-state index contributed by atoms with van der Waals surface area (Å²) in [4.78, 5) is 27.6. The van der Waals surface area contributed by atoms with E-state index in [1.165, 1.54) is 6.92 Å². The van der Waals surface area contributed by atoms with Gasteiger partial charge >= 0.3 is 11.9 Å². The van der Waals surface area contributed by atoms with Crippen molar-refractivity contribution in [2.24, 2.45) is 5.11 Å².